The van der Waals surface area contributed by atoms with Crippen molar-refractivity contribution in [2.45, 2.75) is 30.0 Å². The normalized spacial score (nSPS) is 15.6. The van der Waals surface area contributed by atoms with Crippen LogP contribution in [0.4, 0.5) is 23.2 Å². The van der Waals surface area contributed by atoms with Gasteiger partial charge in [-0.15, -0.1) is 0 Å². The molecule has 0 N–H and O–H groups in total. The summed E-state index contributed by atoms with van der Waals surface area (Å²) in [6, 6.07) is 12.4. The molecule has 0 amide bonds. The van der Waals surface area contributed by atoms with E-state index in [4.69, 9.17) is 16.3 Å². The van der Waals surface area contributed by atoms with Gasteiger partial charge in [-0.05, 0) is 53.9 Å². The van der Waals surface area contributed by atoms with Gasteiger partial charge in [0.2, 0.25) is 0 Å². The molecule has 0 radical (unpaired) electrons. The summed E-state index contributed by atoms with van der Waals surface area (Å²) in [7, 11) is -3.27. The Labute approximate surface area is 227 Å². The lowest BCUT2D eigenvalue weighted by molar-refractivity contribution is -0.141. The Balaban J connectivity index is 1.75. The van der Waals surface area contributed by atoms with Crippen LogP contribution in [-0.2, 0) is 25.7 Å². The Morgan fingerprint density at radius 3 is 2.59 bits per heavy atom. The third-order valence-electron chi connectivity index (χ3n) is 6.00. The fourth-order valence-corrected chi connectivity index (χ4v) is 5.72. The van der Waals surface area contributed by atoms with Gasteiger partial charge >= 0.3 is 12.1 Å². The van der Waals surface area contributed by atoms with Crippen molar-refractivity contribution in [1.29, 1.82) is 0 Å². The minimum absolute atomic E-state index is 0.0524. The van der Waals surface area contributed by atoms with E-state index in [-0.39, 0.29) is 35.8 Å². The number of carbonyl (C=O) groups is 1. The van der Waals surface area contributed by atoms with E-state index in [2.05, 4.69) is 4.74 Å². The van der Waals surface area contributed by atoms with Crippen molar-refractivity contribution in [3.05, 3.63) is 88.2 Å². The van der Waals surface area contributed by atoms with Gasteiger partial charge in [-0.2, -0.15) is 13.2 Å². The summed E-state index contributed by atoms with van der Waals surface area (Å²) in [5.74, 6) is -0.963. The first kappa shape index (κ1) is 28.4. The number of anilines is 1. The highest BCUT2D eigenvalue weighted by Crippen LogP contribution is 2.40. The SMILES string of the molecule is COC(=O)CCC1CN(S(=O)(=O)c2cccc(C(F)(F)F)c2)c2cc(/C=C/c3cccc(F)c3Cl)ccc2O1. The monoisotopic (exact) mass is 583 g/mol. The predicted octanol–water partition coefficient (Wildman–Crippen LogP) is 6.58. The molecule has 3 aromatic carbocycles. The van der Waals surface area contributed by atoms with Crippen molar-refractivity contribution in [2.24, 2.45) is 0 Å². The largest absolute Gasteiger partial charge is 0.486 e. The first-order valence-electron chi connectivity index (χ1n) is 11.6. The topological polar surface area (TPSA) is 72.9 Å². The maximum Gasteiger partial charge on any atom is 0.416 e. The van der Waals surface area contributed by atoms with Gasteiger partial charge in [0.25, 0.3) is 10.0 Å². The summed E-state index contributed by atoms with van der Waals surface area (Å²) in [5, 5.41) is -0.0859. The van der Waals surface area contributed by atoms with Crippen LogP contribution in [0.15, 0.2) is 65.6 Å². The van der Waals surface area contributed by atoms with Crippen molar-refractivity contribution >= 4 is 45.4 Å². The number of halogens is 5. The number of nitrogens with zero attached hydrogens (tertiary/aromatic N) is 1. The van der Waals surface area contributed by atoms with E-state index in [0.29, 0.717) is 17.2 Å². The third kappa shape index (κ3) is 6.36. The summed E-state index contributed by atoms with van der Waals surface area (Å²) in [4.78, 5) is 11.1. The molecule has 0 bridgehead atoms. The Hall–Kier alpha value is -3.57. The minimum atomic E-state index is -4.74. The van der Waals surface area contributed by atoms with E-state index >= 15 is 0 Å². The smallest absolute Gasteiger partial charge is 0.416 e. The van der Waals surface area contributed by atoms with E-state index in [9.17, 15) is 30.8 Å². The summed E-state index contributed by atoms with van der Waals surface area (Å²) in [5.41, 5.74) is -0.131. The number of hydrogen-bond acceptors (Lipinski definition) is 5. The second-order valence-corrected chi connectivity index (χ2v) is 10.9. The number of rotatable bonds is 7. The molecule has 4 rings (SSSR count). The fourth-order valence-electron chi connectivity index (χ4n) is 3.99. The number of fused-ring (bicyclic) bond motifs is 1. The van der Waals surface area contributed by atoms with E-state index in [0.717, 1.165) is 22.5 Å². The Morgan fingerprint density at radius 2 is 1.87 bits per heavy atom. The molecule has 0 aromatic heterocycles. The first-order chi connectivity index (χ1) is 18.4. The van der Waals surface area contributed by atoms with Crippen LogP contribution in [-0.4, -0.2) is 34.1 Å². The molecule has 0 saturated carbocycles. The van der Waals surface area contributed by atoms with Gasteiger partial charge in [0, 0.05) is 6.42 Å². The zero-order valence-corrected chi connectivity index (χ0v) is 22.0. The highest BCUT2D eigenvalue weighted by atomic mass is 35.5. The van der Waals surface area contributed by atoms with Crippen molar-refractivity contribution in [3.8, 4) is 5.75 Å². The molecule has 1 aliphatic rings. The number of carbonyl (C=O) groups excluding carboxylic acids is 1. The summed E-state index contributed by atoms with van der Waals surface area (Å²) < 4.78 is 92.7. The molecular formula is C27H22ClF4NO5S. The molecule has 0 fully saturated rings. The number of alkyl halides is 3. The number of esters is 1. The summed E-state index contributed by atoms with van der Waals surface area (Å²) in [6.45, 7) is -0.258. The van der Waals surface area contributed by atoms with Crippen LogP contribution in [0.25, 0.3) is 12.2 Å². The van der Waals surface area contributed by atoms with Gasteiger partial charge in [0.05, 0.1) is 34.8 Å². The first-order valence-corrected chi connectivity index (χ1v) is 13.4. The summed E-state index contributed by atoms with van der Waals surface area (Å²) >= 11 is 6.00. The van der Waals surface area contributed by atoms with Crippen LogP contribution in [0.5, 0.6) is 5.75 Å². The van der Waals surface area contributed by atoms with Crippen molar-refractivity contribution in [1.82, 2.24) is 0 Å². The summed E-state index contributed by atoms with van der Waals surface area (Å²) in [6.07, 6.45) is -2.33. The number of benzene rings is 3. The molecule has 12 heteroatoms. The molecule has 3 aromatic rings. The predicted molar refractivity (Wildman–Crippen MR) is 138 cm³/mol. The van der Waals surface area contributed by atoms with Crippen LogP contribution >= 0.6 is 11.6 Å². The van der Waals surface area contributed by atoms with E-state index in [1.54, 1.807) is 24.3 Å². The fraction of sp³-hybridized carbons (Fsp3) is 0.222. The Morgan fingerprint density at radius 1 is 1.13 bits per heavy atom. The van der Waals surface area contributed by atoms with Crippen molar-refractivity contribution in [3.63, 3.8) is 0 Å². The average molecular weight is 584 g/mol. The zero-order valence-electron chi connectivity index (χ0n) is 20.4. The maximum absolute atomic E-state index is 13.8. The average Bonchev–Trinajstić information content (AvgIpc) is 2.91. The van der Waals surface area contributed by atoms with E-state index in [1.807, 2.05) is 0 Å². The molecule has 1 atom stereocenters. The lowest BCUT2D eigenvalue weighted by Crippen LogP contribution is -2.43. The highest BCUT2D eigenvalue weighted by molar-refractivity contribution is 7.92. The quantitative estimate of drug-likeness (QED) is 0.179. The van der Waals surface area contributed by atoms with Crippen LogP contribution in [0.2, 0.25) is 5.02 Å². The zero-order chi connectivity index (χ0) is 28.4. The number of ether oxygens (including phenoxy) is 2. The number of methoxy groups -OCH3 is 1. The van der Waals surface area contributed by atoms with Crippen LogP contribution in [0, 0.1) is 5.82 Å². The van der Waals surface area contributed by atoms with Gasteiger partial charge in [0.1, 0.15) is 17.7 Å². The Bertz CT molecular complexity index is 1520. The third-order valence-corrected chi connectivity index (χ3v) is 8.17. The van der Waals surface area contributed by atoms with Crippen LogP contribution < -0.4 is 9.04 Å². The minimum Gasteiger partial charge on any atom is -0.486 e. The molecule has 1 heterocycles. The number of sulfonamides is 1. The molecule has 1 unspecified atom stereocenters. The van der Waals surface area contributed by atoms with Gasteiger partial charge in [0.15, 0.2) is 0 Å². The molecule has 39 heavy (non-hydrogen) atoms. The van der Waals surface area contributed by atoms with Gasteiger partial charge in [-0.1, -0.05) is 48.0 Å². The molecule has 0 spiro atoms. The lowest BCUT2D eigenvalue weighted by Gasteiger charge is -2.35. The molecular weight excluding hydrogens is 562 g/mol. The van der Waals surface area contributed by atoms with Crippen molar-refractivity contribution < 1.29 is 40.2 Å². The maximum atomic E-state index is 13.8. The lowest BCUT2D eigenvalue weighted by atomic mass is 10.1. The van der Waals surface area contributed by atoms with Gasteiger partial charge in [-0.3, -0.25) is 9.10 Å². The molecule has 1 aliphatic heterocycles. The number of hydrogen-bond donors (Lipinski definition) is 0. The second-order valence-electron chi connectivity index (χ2n) is 8.62. The Kier molecular flexibility index (Phi) is 8.22. The van der Waals surface area contributed by atoms with E-state index < -0.39 is 44.5 Å². The molecule has 0 aliphatic carbocycles. The molecule has 0 saturated heterocycles. The van der Waals surface area contributed by atoms with Crippen LogP contribution in [0.1, 0.15) is 29.5 Å². The second kappa shape index (κ2) is 11.3. The van der Waals surface area contributed by atoms with Crippen molar-refractivity contribution in [2.75, 3.05) is 18.0 Å². The van der Waals surface area contributed by atoms with Crippen LogP contribution in [0.3, 0.4) is 0 Å². The van der Waals surface area contributed by atoms with Gasteiger partial charge < -0.3 is 9.47 Å². The highest BCUT2D eigenvalue weighted by Gasteiger charge is 2.37. The standard InChI is InChI=1S/C27H22ClF4NO5S/c1-37-25(34)13-11-20-16-33(39(35,36)21-6-3-5-19(15-21)27(30,31)32)23-14-17(9-12-24(23)38-20)8-10-18-4-2-7-22(29)26(18)28/h2-10,12,14-15,20H,11,13,16H2,1H3/b10-8+. The molecule has 6 nitrogen and oxygen atoms in total. The van der Waals surface area contributed by atoms with E-state index in [1.165, 1.54) is 31.4 Å². The van der Waals surface area contributed by atoms with Gasteiger partial charge in [-0.25, -0.2) is 12.8 Å². The molecule has 206 valence electrons.